The molecule has 0 heterocycles. The van der Waals surface area contributed by atoms with Gasteiger partial charge < -0.3 is 15.2 Å². The van der Waals surface area contributed by atoms with Gasteiger partial charge in [-0.2, -0.15) is 0 Å². The van der Waals surface area contributed by atoms with E-state index in [-0.39, 0.29) is 0 Å². The number of rotatable bonds is 5. The quantitative estimate of drug-likeness (QED) is 0.830. The number of carboxylic acid groups (broad SMARTS) is 1. The monoisotopic (exact) mass is 251 g/mol. The minimum atomic E-state index is -1.13. The predicted molar refractivity (Wildman–Crippen MR) is 66.4 cm³/mol. The summed E-state index contributed by atoms with van der Waals surface area (Å²) in [5.41, 5.74) is -1.13. The normalized spacial score (nSPS) is 12.6. The Labute approximate surface area is 106 Å². The van der Waals surface area contributed by atoms with Crippen LogP contribution in [-0.4, -0.2) is 28.6 Å². The molecule has 1 rings (SSSR count). The molecule has 5 nitrogen and oxygen atoms in total. The number of nitrogens with one attached hydrogen (secondary N) is 1. The zero-order valence-corrected chi connectivity index (χ0v) is 10.6. The van der Waals surface area contributed by atoms with Gasteiger partial charge in [-0.1, -0.05) is 18.2 Å². The second-order valence-electron chi connectivity index (χ2n) is 4.46. The highest BCUT2D eigenvalue weighted by molar-refractivity contribution is 5.88. The van der Waals surface area contributed by atoms with Gasteiger partial charge in [-0.15, -0.1) is 0 Å². The van der Waals surface area contributed by atoms with Crippen LogP contribution in [0, 0.1) is 0 Å². The van der Waals surface area contributed by atoms with E-state index in [0.29, 0.717) is 5.75 Å². The molecular formula is C13H17NO4. The maximum Gasteiger partial charge on any atom is 0.325 e. The van der Waals surface area contributed by atoms with Gasteiger partial charge in [0.25, 0.3) is 5.91 Å². The second kappa shape index (κ2) is 5.53. The molecule has 0 aliphatic heterocycles. The van der Waals surface area contributed by atoms with E-state index in [1.54, 1.807) is 38.1 Å². The maximum absolute atomic E-state index is 11.9. The standard InChI is InChI=1S/C13H17NO4/c1-9(11(15)16)14-12(17)13(2,3)18-10-7-5-4-6-8-10/h4-9H,1-3H3,(H,14,17)(H,15,16). The number of amides is 1. The maximum atomic E-state index is 11.9. The third-order valence-corrected chi connectivity index (χ3v) is 2.38. The van der Waals surface area contributed by atoms with Crippen molar-refractivity contribution >= 4 is 11.9 Å². The van der Waals surface area contributed by atoms with Crippen molar-refractivity contribution in [2.45, 2.75) is 32.4 Å². The second-order valence-corrected chi connectivity index (χ2v) is 4.46. The van der Waals surface area contributed by atoms with E-state index in [4.69, 9.17) is 9.84 Å². The first-order valence-corrected chi connectivity index (χ1v) is 5.61. The van der Waals surface area contributed by atoms with E-state index < -0.39 is 23.5 Å². The summed E-state index contributed by atoms with van der Waals surface area (Å²) < 4.78 is 5.54. The third-order valence-electron chi connectivity index (χ3n) is 2.38. The van der Waals surface area contributed by atoms with Gasteiger partial charge in [-0.25, -0.2) is 0 Å². The molecule has 0 aliphatic carbocycles. The molecule has 1 unspecified atom stereocenters. The van der Waals surface area contributed by atoms with Gasteiger partial charge in [0.15, 0.2) is 5.60 Å². The molecule has 0 aliphatic rings. The molecule has 0 saturated carbocycles. The number of benzene rings is 1. The lowest BCUT2D eigenvalue weighted by atomic mass is 10.1. The first-order chi connectivity index (χ1) is 8.33. The summed E-state index contributed by atoms with van der Waals surface area (Å²) in [6.07, 6.45) is 0. The van der Waals surface area contributed by atoms with Crippen molar-refractivity contribution in [1.82, 2.24) is 5.32 Å². The summed E-state index contributed by atoms with van der Waals surface area (Å²) in [7, 11) is 0. The first kappa shape index (κ1) is 14.0. The average Bonchev–Trinajstić information content (AvgIpc) is 2.29. The molecule has 1 atom stereocenters. The van der Waals surface area contributed by atoms with Crippen LogP contribution in [0.25, 0.3) is 0 Å². The van der Waals surface area contributed by atoms with Crippen LogP contribution in [0.15, 0.2) is 30.3 Å². The summed E-state index contributed by atoms with van der Waals surface area (Å²) in [6, 6.07) is 7.94. The number of hydrogen-bond acceptors (Lipinski definition) is 3. The van der Waals surface area contributed by atoms with Crippen LogP contribution in [0.1, 0.15) is 20.8 Å². The van der Waals surface area contributed by atoms with Crippen LogP contribution in [0.5, 0.6) is 5.75 Å². The lowest BCUT2D eigenvalue weighted by Crippen LogP contribution is -2.51. The van der Waals surface area contributed by atoms with E-state index in [1.165, 1.54) is 6.92 Å². The Hall–Kier alpha value is -2.04. The number of carbonyl (C=O) groups is 2. The molecule has 5 heteroatoms. The Morgan fingerprint density at radius 1 is 1.28 bits per heavy atom. The van der Waals surface area contributed by atoms with Gasteiger partial charge in [0.05, 0.1) is 0 Å². The van der Waals surface area contributed by atoms with E-state index in [0.717, 1.165) is 0 Å². The van der Waals surface area contributed by atoms with Gasteiger partial charge in [-0.05, 0) is 32.9 Å². The molecule has 18 heavy (non-hydrogen) atoms. The number of aliphatic carboxylic acids is 1. The largest absolute Gasteiger partial charge is 0.480 e. The fraction of sp³-hybridized carbons (Fsp3) is 0.385. The first-order valence-electron chi connectivity index (χ1n) is 5.61. The minimum Gasteiger partial charge on any atom is -0.480 e. The molecule has 1 aromatic carbocycles. The lowest BCUT2D eigenvalue weighted by Gasteiger charge is -2.26. The Morgan fingerprint density at radius 3 is 2.33 bits per heavy atom. The summed E-state index contributed by atoms with van der Waals surface area (Å²) in [5.74, 6) is -0.999. The Kier molecular flexibility index (Phi) is 4.31. The number of ether oxygens (including phenoxy) is 1. The molecule has 0 saturated heterocycles. The molecule has 0 fully saturated rings. The van der Waals surface area contributed by atoms with Gasteiger partial charge in [-0.3, -0.25) is 9.59 Å². The van der Waals surface area contributed by atoms with E-state index in [1.807, 2.05) is 6.07 Å². The smallest absolute Gasteiger partial charge is 0.325 e. The van der Waals surface area contributed by atoms with E-state index in [9.17, 15) is 9.59 Å². The highest BCUT2D eigenvalue weighted by Crippen LogP contribution is 2.17. The van der Waals surface area contributed by atoms with Gasteiger partial charge in [0.1, 0.15) is 11.8 Å². The summed E-state index contributed by atoms with van der Waals surface area (Å²) in [5, 5.41) is 11.1. The fourth-order valence-corrected chi connectivity index (χ4v) is 1.26. The van der Waals surface area contributed by atoms with E-state index in [2.05, 4.69) is 5.32 Å². The fourth-order valence-electron chi connectivity index (χ4n) is 1.26. The van der Waals surface area contributed by atoms with Crippen LogP contribution in [0.2, 0.25) is 0 Å². The van der Waals surface area contributed by atoms with Crippen LogP contribution >= 0.6 is 0 Å². The van der Waals surface area contributed by atoms with Gasteiger partial charge in [0.2, 0.25) is 0 Å². The highest BCUT2D eigenvalue weighted by Gasteiger charge is 2.31. The van der Waals surface area contributed by atoms with Crippen molar-refractivity contribution in [3.8, 4) is 5.75 Å². The Bertz CT molecular complexity index is 428. The summed E-state index contributed by atoms with van der Waals surface area (Å²) >= 11 is 0. The lowest BCUT2D eigenvalue weighted by molar-refractivity contribution is -0.144. The molecule has 0 bridgehead atoms. The molecule has 1 amide bonds. The summed E-state index contributed by atoms with van der Waals surface area (Å²) in [4.78, 5) is 22.5. The SMILES string of the molecule is CC(NC(=O)C(C)(C)Oc1ccccc1)C(=O)O. The topological polar surface area (TPSA) is 75.6 Å². The molecule has 1 aromatic rings. The zero-order chi connectivity index (χ0) is 13.8. The van der Waals surface area contributed by atoms with Crippen molar-refractivity contribution in [3.05, 3.63) is 30.3 Å². The number of hydrogen-bond donors (Lipinski definition) is 2. The predicted octanol–water partition coefficient (Wildman–Crippen LogP) is 1.43. The Morgan fingerprint density at radius 2 is 1.83 bits per heavy atom. The minimum absolute atomic E-state index is 0.471. The number of carboxylic acids is 1. The highest BCUT2D eigenvalue weighted by atomic mass is 16.5. The molecule has 0 spiro atoms. The van der Waals surface area contributed by atoms with Crippen LogP contribution in [0.3, 0.4) is 0 Å². The van der Waals surface area contributed by atoms with Gasteiger partial charge >= 0.3 is 5.97 Å². The average molecular weight is 251 g/mol. The number of carbonyl (C=O) groups excluding carboxylic acids is 1. The van der Waals surface area contributed by atoms with Crippen molar-refractivity contribution in [2.75, 3.05) is 0 Å². The van der Waals surface area contributed by atoms with Crippen LogP contribution in [0.4, 0.5) is 0 Å². The van der Waals surface area contributed by atoms with Gasteiger partial charge in [0, 0.05) is 0 Å². The van der Waals surface area contributed by atoms with Crippen molar-refractivity contribution in [1.29, 1.82) is 0 Å². The summed E-state index contributed by atoms with van der Waals surface area (Å²) in [6.45, 7) is 4.58. The van der Waals surface area contributed by atoms with E-state index >= 15 is 0 Å². The molecule has 98 valence electrons. The van der Waals surface area contributed by atoms with Crippen LogP contribution < -0.4 is 10.1 Å². The molecule has 2 N–H and O–H groups in total. The Balaban J connectivity index is 2.68. The van der Waals surface area contributed by atoms with Crippen molar-refractivity contribution in [3.63, 3.8) is 0 Å². The molecule has 0 radical (unpaired) electrons. The van der Waals surface area contributed by atoms with Crippen molar-refractivity contribution < 1.29 is 19.4 Å². The number of para-hydroxylation sites is 1. The van der Waals surface area contributed by atoms with Crippen LogP contribution in [-0.2, 0) is 9.59 Å². The third kappa shape index (κ3) is 3.76. The van der Waals surface area contributed by atoms with Crippen molar-refractivity contribution in [2.24, 2.45) is 0 Å². The molecular weight excluding hydrogens is 234 g/mol. The molecule has 0 aromatic heterocycles. The zero-order valence-electron chi connectivity index (χ0n) is 10.6.